The predicted molar refractivity (Wildman–Crippen MR) is 117 cm³/mol. The molecule has 0 spiro atoms. The van der Waals surface area contributed by atoms with E-state index >= 15 is 0 Å². The molecule has 0 bridgehead atoms. The molecule has 1 saturated heterocycles. The summed E-state index contributed by atoms with van der Waals surface area (Å²) >= 11 is 6.31. The van der Waals surface area contributed by atoms with Crippen molar-refractivity contribution in [2.75, 3.05) is 32.5 Å². The van der Waals surface area contributed by atoms with Gasteiger partial charge in [0.2, 0.25) is 0 Å². The summed E-state index contributed by atoms with van der Waals surface area (Å²) in [5.74, 6) is 0.499. The van der Waals surface area contributed by atoms with Gasteiger partial charge in [0.1, 0.15) is 17.1 Å². The number of hydrogen-bond acceptors (Lipinski definition) is 6. The van der Waals surface area contributed by atoms with Crippen molar-refractivity contribution in [2.24, 2.45) is 0 Å². The molecule has 0 aromatic heterocycles. The van der Waals surface area contributed by atoms with Crippen molar-refractivity contribution in [1.82, 2.24) is 10.2 Å². The standard InChI is InChI=1S/C22H32ClN3O4/c1-13(27)6-5-8-26-9-7-17(18(12-26)29-4)25-21(28)14-10-16(23)19(24)15-11-22(2,3)30-20(14)15/h10,17-18H,5-9,11-12,24H2,1-4H3,(H,25,28)/t17-,18+/m0/s1. The van der Waals surface area contributed by atoms with Crippen LogP contribution in [-0.2, 0) is 16.0 Å². The van der Waals surface area contributed by atoms with E-state index in [4.69, 9.17) is 26.8 Å². The zero-order valence-electron chi connectivity index (χ0n) is 18.2. The van der Waals surface area contributed by atoms with Crippen molar-refractivity contribution in [2.45, 2.75) is 64.2 Å². The summed E-state index contributed by atoms with van der Waals surface area (Å²) in [6.45, 7) is 7.95. The third kappa shape index (κ3) is 5.07. The van der Waals surface area contributed by atoms with Crippen LogP contribution in [0.15, 0.2) is 6.07 Å². The van der Waals surface area contributed by atoms with E-state index < -0.39 is 5.60 Å². The van der Waals surface area contributed by atoms with Gasteiger partial charge < -0.3 is 30.2 Å². The van der Waals surface area contributed by atoms with Gasteiger partial charge >= 0.3 is 0 Å². The van der Waals surface area contributed by atoms with Crippen LogP contribution in [-0.4, -0.2) is 61.1 Å². The van der Waals surface area contributed by atoms with Crippen LogP contribution in [0.2, 0.25) is 5.02 Å². The maximum Gasteiger partial charge on any atom is 0.255 e. The number of nitrogen functional groups attached to an aromatic ring is 1. The number of piperidine rings is 1. The third-order valence-corrected chi connectivity index (χ3v) is 6.18. The van der Waals surface area contributed by atoms with Crippen LogP contribution in [0.25, 0.3) is 0 Å². The number of likely N-dealkylation sites (tertiary alicyclic amines) is 1. The summed E-state index contributed by atoms with van der Waals surface area (Å²) in [4.78, 5) is 26.6. The lowest BCUT2D eigenvalue weighted by Crippen LogP contribution is -2.55. The number of nitrogens with one attached hydrogen (secondary N) is 1. The molecule has 1 amide bonds. The molecular weight excluding hydrogens is 406 g/mol. The molecule has 8 heteroatoms. The first kappa shape index (κ1) is 22.8. The van der Waals surface area contributed by atoms with Crippen LogP contribution in [0.1, 0.15) is 56.0 Å². The minimum absolute atomic E-state index is 0.118. The summed E-state index contributed by atoms with van der Waals surface area (Å²) in [6, 6.07) is 1.47. The molecule has 1 aromatic rings. The summed E-state index contributed by atoms with van der Waals surface area (Å²) in [7, 11) is 1.66. The fraction of sp³-hybridized carbons (Fsp3) is 0.636. The first-order valence-corrected chi connectivity index (χ1v) is 10.8. The van der Waals surface area contributed by atoms with E-state index in [-0.39, 0.29) is 23.8 Å². The zero-order valence-corrected chi connectivity index (χ0v) is 19.0. The number of carbonyl (C=O) groups is 2. The average Bonchev–Trinajstić information content (AvgIpc) is 3.00. The highest BCUT2D eigenvalue weighted by Gasteiger charge is 2.37. The average molecular weight is 438 g/mol. The fourth-order valence-corrected chi connectivity index (χ4v) is 4.51. The number of nitrogens with two attached hydrogens (primary N) is 1. The number of hydrogen-bond donors (Lipinski definition) is 2. The Morgan fingerprint density at radius 2 is 2.17 bits per heavy atom. The van der Waals surface area contributed by atoms with Gasteiger partial charge in [0.25, 0.3) is 5.91 Å². The van der Waals surface area contributed by atoms with Gasteiger partial charge in [0, 0.05) is 38.6 Å². The SMILES string of the molecule is CO[C@@H]1CN(CCCC(C)=O)CC[C@@H]1NC(=O)c1cc(Cl)c(N)c2c1OC(C)(C)C2. The van der Waals surface area contributed by atoms with E-state index in [0.29, 0.717) is 41.4 Å². The smallest absolute Gasteiger partial charge is 0.255 e. The Balaban J connectivity index is 1.69. The van der Waals surface area contributed by atoms with Crippen molar-refractivity contribution in [3.05, 3.63) is 22.2 Å². The lowest BCUT2D eigenvalue weighted by Gasteiger charge is -2.38. The van der Waals surface area contributed by atoms with Crippen LogP contribution in [0.3, 0.4) is 0 Å². The molecule has 30 heavy (non-hydrogen) atoms. The summed E-state index contributed by atoms with van der Waals surface area (Å²) in [5, 5.41) is 3.48. The molecule has 2 atom stereocenters. The molecule has 2 aliphatic rings. The second kappa shape index (κ2) is 9.12. The topological polar surface area (TPSA) is 93.9 Å². The molecule has 3 rings (SSSR count). The van der Waals surface area contributed by atoms with Crippen molar-refractivity contribution < 1.29 is 19.1 Å². The van der Waals surface area contributed by atoms with Gasteiger partial charge in [0.15, 0.2) is 0 Å². The van der Waals surface area contributed by atoms with E-state index in [1.165, 1.54) is 0 Å². The normalized spacial score (nSPS) is 23.0. The quantitative estimate of drug-likeness (QED) is 0.637. The lowest BCUT2D eigenvalue weighted by atomic mass is 9.97. The summed E-state index contributed by atoms with van der Waals surface area (Å²) in [6.07, 6.45) is 2.67. The van der Waals surface area contributed by atoms with E-state index in [0.717, 1.165) is 31.5 Å². The Labute approximate surface area is 183 Å². The number of methoxy groups -OCH3 is 1. The number of carbonyl (C=O) groups excluding carboxylic acids is 2. The number of halogens is 1. The van der Waals surface area contributed by atoms with Crippen molar-refractivity contribution in [3.8, 4) is 5.75 Å². The number of amides is 1. The van der Waals surface area contributed by atoms with Gasteiger partial charge in [-0.05, 0) is 46.2 Å². The molecule has 0 unspecified atom stereocenters. The number of ether oxygens (including phenoxy) is 2. The van der Waals surface area contributed by atoms with E-state index in [9.17, 15) is 9.59 Å². The minimum atomic E-state index is -0.434. The third-order valence-electron chi connectivity index (χ3n) is 5.86. The predicted octanol–water partition coefficient (Wildman–Crippen LogP) is 2.82. The van der Waals surface area contributed by atoms with Gasteiger partial charge in [-0.25, -0.2) is 0 Å². The number of Topliss-reactive ketones (excluding diaryl/α,β-unsaturated/α-hetero) is 1. The molecule has 3 N–H and O–H groups in total. The largest absolute Gasteiger partial charge is 0.486 e. The maximum absolute atomic E-state index is 13.1. The second-order valence-corrected chi connectivity index (χ2v) is 9.32. The number of benzene rings is 1. The summed E-state index contributed by atoms with van der Waals surface area (Å²) < 4.78 is 11.7. The van der Waals surface area contributed by atoms with Gasteiger partial charge in [-0.1, -0.05) is 11.6 Å². The lowest BCUT2D eigenvalue weighted by molar-refractivity contribution is -0.117. The van der Waals surface area contributed by atoms with E-state index in [2.05, 4.69) is 10.2 Å². The monoisotopic (exact) mass is 437 g/mol. The number of fused-ring (bicyclic) bond motifs is 1. The summed E-state index contributed by atoms with van der Waals surface area (Å²) in [5.41, 5.74) is 7.38. The van der Waals surface area contributed by atoms with Gasteiger partial charge in [-0.15, -0.1) is 0 Å². The first-order valence-electron chi connectivity index (χ1n) is 10.5. The van der Waals surface area contributed by atoms with Gasteiger partial charge in [-0.2, -0.15) is 0 Å². The van der Waals surface area contributed by atoms with Crippen molar-refractivity contribution in [3.63, 3.8) is 0 Å². The molecule has 0 aliphatic carbocycles. The Kier molecular flexibility index (Phi) is 6.95. The van der Waals surface area contributed by atoms with Crippen LogP contribution in [0.4, 0.5) is 5.69 Å². The molecule has 0 radical (unpaired) electrons. The van der Waals surface area contributed by atoms with Crippen molar-refractivity contribution >= 4 is 29.0 Å². The molecule has 2 aliphatic heterocycles. The first-order chi connectivity index (χ1) is 14.1. The number of rotatable bonds is 7. The van der Waals surface area contributed by atoms with Crippen LogP contribution < -0.4 is 15.8 Å². The molecule has 1 aromatic carbocycles. The van der Waals surface area contributed by atoms with Crippen LogP contribution >= 0.6 is 11.6 Å². The van der Waals surface area contributed by atoms with Crippen LogP contribution in [0, 0.1) is 0 Å². The van der Waals surface area contributed by atoms with Gasteiger partial charge in [-0.3, -0.25) is 4.79 Å². The van der Waals surface area contributed by atoms with Gasteiger partial charge in [0.05, 0.1) is 28.4 Å². The van der Waals surface area contributed by atoms with Crippen LogP contribution in [0.5, 0.6) is 5.75 Å². The number of anilines is 1. The maximum atomic E-state index is 13.1. The Morgan fingerprint density at radius 1 is 1.43 bits per heavy atom. The molecule has 1 fully saturated rings. The fourth-order valence-electron chi connectivity index (χ4n) is 4.28. The van der Waals surface area contributed by atoms with E-state index in [1.54, 1.807) is 20.1 Å². The molecule has 166 valence electrons. The van der Waals surface area contributed by atoms with Crippen molar-refractivity contribution in [1.29, 1.82) is 0 Å². The Hall–Kier alpha value is -1.83. The molecule has 7 nitrogen and oxygen atoms in total. The Morgan fingerprint density at radius 3 is 2.83 bits per heavy atom. The Bertz CT molecular complexity index is 827. The number of ketones is 1. The van der Waals surface area contributed by atoms with E-state index in [1.807, 2.05) is 13.8 Å². The highest BCUT2D eigenvalue weighted by atomic mass is 35.5. The zero-order chi connectivity index (χ0) is 22.1. The molecule has 0 saturated carbocycles. The number of nitrogens with zero attached hydrogens (tertiary/aromatic N) is 1. The molecular formula is C22H32ClN3O4. The second-order valence-electron chi connectivity index (χ2n) is 8.91. The molecule has 2 heterocycles. The highest BCUT2D eigenvalue weighted by Crippen LogP contribution is 2.44. The highest BCUT2D eigenvalue weighted by molar-refractivity contribution is 6.33. The minimum Gasteiger partial charge on any atom is -0.486 e.